The first kappa shape index (κ1) is 21.1. The largest absolute Gasteiger partial charge is 0.338 e. The molecule has 158 valence electrons. The maximum Gasteiger partial charge on any atom is 0.250 e. The highest BCUT2D eigenvalue weighted by atomic mass is 35.5. The average Bonchev–Trinajstić information content (AvgIpc) is 3.26. The Morgan fingerprint density at radius 1 is 1.14 bits per heavy atom. The minimum atomic E-state index is -3.76. The SMILES string of the molecule is CC(C)N1CCC(N2CC[C@H](NS(=O)(=O)c3cc4ccc(Cl)cc4s3)C2=O)CC1. The van der Waals surface area contributed by atoms with Crippen molar-refractivity contribution in [1.29, 1.82) is 0 Å². The van der Waals surface area contributed by atoms with Crippen LogP contribution in [0.1, 0.15) is 33.1 Å². The molecule has 0 radical (unpaired) electrons. The van der Waals surface area contributed by atoms with Crippen LogP contribution in [0.5, 0.6) is 0 Å². The Morgan fingerprint density at radius 2 is 1.86 bits per heavy atom. The lowest BCUT2D eigenvalue weighted by atomic mass is 10.0. The first-order valence-corrected chi connectivity index (χ1v) is 12.7. The third-order valence-corrected chi connectivity index (χ3v) is 9.21. The Hall–Kier alpha value is -1.19. The predicted octanol–water partition coefficient (Wildman–Crippen LogP) is 3.31. The predicted molar refractivity (Wildman–Crippen MR) is 117 cm³/mol. The molecule has 3 heterocycles. The zero-order valence-electron chi connectivity index (χ0n) is 16.6. The van der Waals surface area contributed by atoms with E-state index < -0.39 is 16.1 Å². The minimum absolute atomic E-state index is 0.0965. The second-order valence-corrected chi connectivity index (χ2v) is 11.6. The van der Waals surface area contributed by atoms with Crippen molar-refractivity contribution in [2.24, 2.45) is 0 Å². The molecule has 1 aromatic carbocycles. The number of amides is 1. The van der Waals surface area contributed by atoms with Gasteiger partial charge in [-0.2, -0.15) is 4.72 Å². The summed E-state index contributed by atoms with van der Waals surface area (Å²) in [6, 6.07) is 6.98. The van der Waals surface area contributed by atoms with Gasteiger partial charge in [-0.05, 0) is 56.7 Å². The first-order valence-electron chi connectivity index (χ1n) is 10.0. The van der Waals surface area contributed by atoms with Gasteiger partial charge in [0.05, 0.1) is 0 Å². The van der Waals surface area contributed by atoms with Crippen LogP contribution >= 0.6 is 22.9 Å². The first-order chi connectivity index (χ1) is 13.7. The van der Waals surface area contributed by atoms with Crippen LogP contribution in [0.25, 0.3) is 10.1 Å². The number of likely N-dealkylation sites (tertiary alicyclic amines) is 2. The van der Waals surface area contributed by atoms with E-state index in [0.717, 1.165) is 36.0 Å². The number of piperidine rings is 1. The van der Waals surface area contributed by atoms with Crippen molar-refractivity contribution >= 4 is 49.0 Å². The topological polar surface area (TPSA) is 69.7 Å². The molecule has 1 atom stereocenters. The molecule has 2 saturated heterocycles. The number of carbonyl (C=O) groups excluding carboxylic acids is 1. The van der Waals surface area contributed by atoms with E-state index in [9.17, 15) is 13.2 Å². The summed E-state index contributed by atoms with van der Waals surface area (Å²) in [6.07, 6.45) is 2.40. The van der Waals surface area contributed by atoms with Crippen molar-refractivity contribution < 1.29 is 13.2 Å². The number of nitrogens with one attached hydrogen (secondary N) is 1. The van der Waals surface area contributed by atoms with Gasteiger partial charge in [0.1, 0.15) is 10.3 Å². The van der Waals surface area contributed by atoms with Crippen molar-refractivity contribution in [2.75, 3.05) is 19.6 Å². The van der Waals surface area contributed by atoms with E-state index in [0.29, 0.717) is 24.0 Å². The molecule has 9 heteroatoms. The summed E-state index contributed by atoms with van der Waals surface area (Å²) in [5.41, 5.74) is 0. The second kappa shape index (κ2) is 8.15. The maximum absolute atomic E-state index is 12.9. The van der Waals surface area contributed by atoms with Gasteiger partial charge >= 0.3 is 0 Å². The third-order valence-electron chi connectivity index (χ3n) is 5.93. The van der Waals surface area contributed by atoms with Crippen LogP contribution in [0.4, 0.5) is 0 Å². The van der Waals surface area contributed by atoms with Gasteiger partial charge in [0.2, 0.25) is 5.91 Å². The average molecular weight is 456 g/mol. The lowest BCUT2D eigenvalue weighted by molar-refractivity contribution is -0.131. The van der Waals surface area contributed by atoms with Crippen LogP contribution in [0.2, 0.25) is 5.02 Å². The van der Waals surface area contributed by atoms with Crippen LogP contribution < -0.4 is 4.72 Å². The summed E-state index contributed by atoms with van der Waals surface area (Å²) in [5.74, 6) is -0.0965. The molecule has 1 N–H and O–H groups in total. The zero-order valence-corrected chi connectivity index (χ0v) is 19.0. The molecule has 0 bridgehead atoms. The van der Waals surface area contributed by atoms with Gasteiger partial charge in [-0.15, -0.1) is 11.3 Å². The number of hydrogen-bond acceptors (Lipinski definition) is 5. The molecule has 29 heavy (non-hydrogen) atoms. The van der Waals surface area contributed by atoms with Crippen LogP contribution in [-0.2, 0) is 14.8 Å². The molecule has 1 amide bonds. The molecule has 0 saturated carbocycles. The summed E-state index contributed by atoms with van der Waals surface area (Å²) in [7, 11) is -3.76. The minimum Gasteiger partial charge on any atom is -0.338 e. The Labute approximate surface area is 180 Å². The van der Waals surface area contributed by atoms with Gasteiger partial charge < -0.3 is 9.80 Å². The number of carbonyl (C=O) groups is 1. The number of thiophene rings is 1. The Kier molecular flexibility index (Phi) is 5.92. The third kappa shape index (κ3) is 4.32. The van der Waals surface area contributed by atoms with E-state index in [1.54, 1.807) is 24.3 Å². The van der Waals surface area contributed by atoms with E-state index in [1.165, 1.54) is 11.3 Å². The Bertz CT molecular complexity index is 1010. The summed E-state index contributed by atoms with van der Waals surface area (Å²) >= 11 is 7.17. The lowest BCUT2D eigenvalue weighted by Gasteiger charge is -2.38. The van der Waals surface area contributed by atoms with Crippen LogP contribution in [-0.4, -0.2) is 61.9 Å². The van der Waals surface area contributed by atoms with E-state index in [2.05, 4.69) is 23.5 Å². The summed E-state index contributed by atoms with van der Waals surface area (Å²) < 4.78 is 29.4. The monoisotopic (exact) mass is 455 g/mol. The standard InChI is InChI=1S/C20H26ClN3O3S2/c1-13(2)23-8-5-16(6-9-23)24-10-7-17(20(24)25)22-29(26,27)19-11-14-3-4-15(21)12-18(14)28-19/h3-4,11-13,16-17,22H,5-10H2,1-2H3/t17-/m0/s1. The van der Waals surface area contributed by atoms with Crippen molar-refractivity contribution in [3.8, 4) is 0 Å². The summed E-state index contributed by atoms with van der Waals surface area (Å²) in [5, 5.41) is 1.40. The smallest absolute Gasteiger partial charge is 0.250 e. The number of hydrogen-bond donors (Lipinski definition) is 1. The van der Waals surface area contributed by atoms with Crippen molar-refractivity contribution in [3.63, 3.8) is 0 Å². The summed E-state index contributed by atoms with van der Waals surface area (Å²) in [6.45, 7) is 6.95. The quantitative estimate of drug-likeness (QED) is 0.750. The van der Waals surface area contributed by atoms with Crippen molar-refractivity contribution in [1.82, 2.24) is 14.5 Å². The van der Waals surface area contributed by atoms with E-state index in [1.807, 2.05) is 4.90 Å². The Morgan fingerprint density at radius 3 is 2.55 bits per heavy atom. The normalized spacial score (nSPS) is 22.3. The molecule has 4 rings (SSSR count). The number of nitrogens with zero attached hydrogens (tertiary/aromatic N) is 2. The number of sulfonamides is 1. The fourth-order valence-corrected chi connectivity index (χ4v) is 7.16. The maximum atomic E-state index is 12.9. The fraction of sp³-hybridized carbons (Fsp3) is 0.550. The van der Waals surface area contributed by atoms with E-state index in [4.69, 9.17) is 11.6 Å². The fourth-order valence-electron chi connectivity index (χ4n) is 4.25. The van der Waals surface area contributed by atoms with Crippen LogP contribution in [0.15, 0.2) is 28.5 Å². The molecular formula is C20H26ClN3O3S2. The van der Waals surface area contributed by atoms with E-state index >= 15 is 0 Å². The molecule has 0 aliphatic carbocycles. The van der Waals surface area contributed by atoms with Crippen molar-refractivity contribution in [2.45, 2.75) is 55.4 Å². The molecule has 0 unspecified atom stereocenters. The Balaban J connectivity index is 1.43. The van der Waals surface area contributed by atoms with Gasteiger partial charge in [-0.1, -0.05) is 17.7 Å². The van der Waals surface area contributed by atoms with Crippen LogP contribution in [0, 0.1) is 0 Å². The van der Waals surface area contributed by atoms with Crippen LogP contribution in [0.3, 0.4) is 0 Å². The van der Waals surface area contributed by atoms with Gasteiger partial charge in [0.25, 0.3) is 10.0 Å². The highest BCUT2D eigenvalue weighted by molar-refractivity contribution is 7.91. The highest BCUT2D eigenvalue weighted by Crippen LogP contribution is 2.32. The van der Waals surface area contributed by atoms with Gasteiger partial charge in [0.15, 0.2) is 0 Å². The molecular weight excluding hydrogens is 430 g/mol. The number of halogens is 1. The highest BCUT2D eigenvalue weighted by Gasteiger charge is 2.39. The second-order valence-electron chi connectivity index (χ2n) is 8.10. The molecule has 2 aliphatic heterocycles. The number of benzene rings is 1. The molecule has 2 fully saturated rings. The molecule has 2 aromatic rings. The summed E-state index contributed by atoms with van der Waals surface area (Å²) in [4.78, 5) is 17.2. The molecule has 1 aromatic heterocycles. The van der Waals surface area contributed by atoms with Gasteiger partial charge in [-0.3, -0.25) is 4.79 Å². The van der Waals surface area contributed by atoms with Gasteiger partial charge in [-0.25, -0.2) is 8.42 Å². The number of rotatable bonds is 5. The molecule has 2 aliphatic rings. The zero-order chi connectivity index (χ0) is 20.8. The van der Waals surface area contributed by atoms with Gasteiger partial charge in [0, 0.05) is 41.4 Å². The van der Waals surface area contributed by atoms with E-state index in [-0.39, 0.29) is 16.2 Å². The lowest BCUT2D eigenvalue weighted by Crippen LogP contribution is -2.49. The number of fused-ring (bicyclic) bond motifs is 1. The molecule has 6 nitrogen and oxygen atoms in total. The van der Waals surface area contributed by atoms with Crippen molar-refractivity contribution in [3.05, 3.63) is 29.3 Å². The molecule has 0 spiro atoms.